The zero-order valence-corrected chi connectivity index (χ0v) is 11.9. The van der Waals surface area contributed by atoms with Crippen molar-refractivity contribution in [2.75, 3.05) is 0 Å². The van der Waals surface area contributed by atoms with Gasteiger partial charge in [-0.05, 0) is 33.1 Å². The van der Waals surface area contributed by atoms with E-state index in [1.54, 1.807) is 6.20 Å². The lowest BCUT2D eigenvalue weighted by Gasteiger charge is -2.05. The van der Waals surface area contributed by atoms with Gasteiger partial charge in [-0.3, -0.25) is 4.40 Å². The quantitative estimate of drug-likeness (QED) is 0.731. The predicted octanol–water partition coefficient (Wildman–Crippen LogP) is 3.81. The third-order valence-corrected chi connectivity index (χ3v) is 3.49. The van der Waals surface area contributed by atoms with Gasteiger partial charge in [-0.2, -0.15) is 0 Å². The molecule has 0 amide bonds. The number of benzene rings is 1. The molecule has 19 heavy (non-hydrogen) atoms. The Morgan fingerprint density at radius 2 is 1.79 bits per heavy atom. The van der Waals surface area contributed by atoms with E-state index in [2.05, 4.69) is 33.0 Å². The zero-order valence-electron chi connectivity index (χ0n) is 10.3. The molecule has 0 atom stereocenters. The molecule has 0 bridgehead atoms. The van der Waals surface area contributed by atoms with Gasteiger partial charge in [0.05, 0.1) is 19.4 Å². The lowest BCUT2D eigenvalue weighted by Crippen LogP contribution is -1.96. The highest BCUT2D eigenvalue weighted by molar-refractivity contribution is 9.10. The second kappa shape index (κ2) is 5.55. The molecule has 0 aliphatic heterocycles. The molecule has 3 aromatic rings. The molecule has 0 unspecified atom stereocenters. The van der Waals surface area contributed by atoms with Crippen molar-refractivity contribution in [1.29, 1.82) is 0 Å². The Balaban J connectivity index is 1.67. The lowest BCUT2D eigenvalue weighted by atomic mass is 10.2. The second-order valence-corrected chi connectivity index (χ2v) is 5.14. The predicted molar refractivity (Wildman–Crippen MR) is 77.8 cm³/mol. The molecule has 4 heteroatoms. The first-order chi connectivity index (χ1) is 9.33. The third kappa shape index (κ3) is 2.85. The maximum absolute atomic E-state index is 5.72. The second-order valence-electron chi connectivity index (χ2n) is 4.32. The topological polar surface area (TPSA) is 26.5 Å². The van der Waals surface area contributed by atoms with Crippen LogP contribution in [0.2, 0.25) is 0 Å². The van der Waals surface area contributed by atoms with Crippen LogP contribution >= 0.6 is 15.9 Å². The molecule has 0 N–H and O–H groups in total. The summed E-state index contributed by atoms with van der Waals surface area (Å²) in [6.45, 7) is 1.22. The van der Waals surface area contributed by atoms with Crippen molar-refractivity contribution in [1.82, 2.24) is 9.38 Å². The summed E-state index contributed by atoms with van der Waals surface area (Å²) >= 11 is 3.47. The van der Waals surface area contributed by atoms with E-state index in [0.717, 1.165) is 15.8 Å². The van der Waals surface area contributed by atoms with Crippen LogP contribution in [0.4, 0.5) is 0 Å². The Morgan fingerprint density at radius 1 is 1.00 bits per heavy atom. The molecule has 2 aromatic heterocycles. The molecule has 2 heterocycles. The monoisotopic (exact) mass is 316 g/mol. The SMILES string of the molecule is Brc1cnc2ccc(COCc3ccccc3)cn12. The fourth-order valence-corrected chi connectivity index (χ4v) is 2.33. The van der Waals surface area contributed by atoms with Gasteiger partial charge >= 0.3 is 0 Å². The van der Waals surface area contributed by atoms with Gasteiger partial charge in [-0.1, -0.05) is 36.4 Å². The standard InChI is InChI=1S/C15H13BrN2O/c16-14-8-17-15-7-6-13(9-18(14)15)11-19-10-12-4-2-1-3-5-12/h1-9H,10-11H2. The van der Waals surface area contributed by atoms with Crippen LogP contribution in [-0.4, -0.2) is 9.38 Å². The number of rotatable bonds is 4. The first-order valence-electron chi connectivity index (χ1n) is 6.06. The Labute approximate surface area is 120 Å². The summed E-state index contributed by atoms with van der Waals surface area (Å²) < 4.78 is 8.67. The Kier molecular flexibility index (Phi) is 3.62. The van der Waals surface area contributed by atoms with Crippen LogP contribution in [0.1, 0.15) is 11.1 Å². The summed E-state index contributed by atoms with van der Waals surface area (Å²) in [5, 5.41) is 0. The number of ether oxygens (including phenoxy) is 1. The van der Waals surface area contributed by atoms with Crippen molar-refractivity contribution in [3.05, 3.63) is 70.6 Å². The summed E-state index contributed by atoms with van der Waals surface area (Å²) in [5.41, 5.74) is 3.24. The van der Waals surface area contributed by atoms with Gasteiger partial charge in [0.15, 0.2) is 0 Å². The molecule has 0 aliphatic carbocycles. The maximum Gasteiger partial charge on any atom is 0.137 e. The molecule has 3 nitrogen and oxygen atoms in total. The van der Waals surface area contributed by atoms with E-state index in [4.69, 9.17) is 4.74 Å². The number of halogens is 1. The first kappa shape index (κ1) is 12.4. The number of nitrogens with zero attached hydrogens (tertiary/aromatic N) is 2. The van der Waals surface area contributed by atoms with Crippen molar-refractivity contribution < 1.29 is 4.74 Å². The van der Waals surface area contributed by atoms with E-state index in [1.807, 2.05) is 40.9 Å². The number of hydrogen-bond donors (Lipinski definition) is 0. The molecule has 1 aromatic carbocycles. The van der Waals surface area contributed by atoms with E-state index < -0.39 is 0 Å². The molecular weight excluding hydrogens is 304 g/mol. The number of pyridine rings is 1. The molecular formula is C15H13BrN2O. The third-order valence-electron chi connectivity index (χ3n) is 2.90. The van der Waals surface area contributed by atoms with Gasteiger partial charge in [-0.25, -0.2) is 4.98 Å². The molecule has 0 fully saturated rings. The van der Waals surface area contributed by atoms with E-state index in [0.29, 0.717) is 13.2 Å². The molecule has 0 spiro atoms. The molecule has 0 aliphatic rings. The van der Waals surface area contributed by atoms with Crippen molar-refractivity contribution in [3.63, 3.8) is 0 Å². The summed E-state index contributed by atoms with van der Waals surface area (Å²) in [5.74, 6) is 0. The minimum Gasteiger partial charge on any atom is -0.372 e. The van der Waals surface area contributed by atoms with Crippen molar-refractivity contribution >= 4 is 21.6 Å². The van der Waals surface area contributed by atoms with E-state index >= 15 is 0 Å². The van der Waals surface area contributed by atoms with Gasteiger partial charge in [0.1, 0.15) is 10.3 Å². The molecule has 3 rings (SSSR count). The molecule has 96 valence electrons. The van der Waals surface area contributed by atoms with Crippen LogP contribution in [0.5, 0.6) is 0 Å². The maximum atomic E-state index is 5.72. The lowest BCUT2D eigenvalue weighted by molar-refractivity contribution is 0.107. The fourth-order valence-electron chi connectivity index (χ4n) is 1.94. The van der Waals surface area contributed by atoms with Crippen LogP contribution in [0.25, 0.3) is 5.65 Å². The van der Waals surface area contributed by atoms with Gasteiger partial charge in [0.25, 0.3) is 0 Å². The minimum atomic E-state index is 0.593. The van der Waals surface area contributed by atoms with Gasteiger partial charge < -0.3 is 4.74 Å². The minimum absolute atomic E-state index is 0.593. The average Bonchev–Trinajstić information content (AvgIpc) is 2.82. The van der Waals surface area contributed by atoms with E-state index in [-0.39, 0.29) is 0 Å². The van der Waals surface area contributed by atoms with Crippen molar-refractivity contribution in [2.45, 2.75) is 13.2 Å². The highest BCUT2D eigenvalue weighted by atomic mass is 79.9. The highest BCUT2D eigenvalue weighted by Crippen LogP contribution is 2.15. The number of imidazole rings is 1. The van der Waals surface area contributed by atoms with Crippen molar-refractivity contribution in [3.8, 4) is 0 Å². The van der Waals surface area contributed by atoms with E-state index in [1.165, 1.54) is 5.56 Å². The first-order valence-corrected chi connectivity index (χ1v) is 6.85. The summed E-state index contributed by atoms with van der Waals surface area (Å²) in [4.78, 5) is 4.26. The van der Waals surface area contributed by atoms with Crippen LogP contribution < -0.4 is 0 Å². The average molecular weight is 317 g/mol. The van der Waals surface area contributed by atoms with Gasteiger partial charge in [0, 0.05) is 6.20 Å². The zero-order chi connectivity index (χ0) is 13.1. The van der Waals surface area contributed by atoms with Crippen molar-refractivity contribution in [2.24, 2.45) is 0 Å². The number of fused-ring (bicyclic) bond motifs is 1. The Bertz CT molecular complexity index is 679. The van der Waals surface area contributed by atoms with Crippen LogP contribution in [0.15, 0.2) is 59.5 Å². The molecule has 0 radical (unpaired) electrons. The smallest absolute Gasteiger partial charge is 0.137 e. The van der Waals surface area contributed by atoms with Gasteiger partial charge in [-0.15, -0.1) is 0 Å². The molecule has 0 saturated carbocycles. The highest BCUT2D eigenvalue weighted by Gasteiger charge is 2.01. The Hall–Kier alpha value is -1.65. The van der Waals surface area contributed by atoms with Gasteiger partial charge in [0.2, 0.25) is 0 Å². The van der Waals surface area contributed by atoms with Crippen LogP contribution in [-0.2, 0) is 18.0 Å². The van der Waals surface area contributed by atoms with E-state index in [9.17, 15) is 0 Å². The fraction of sp³-hybridized carbons (Fsp3) is 0.133. The van der Waals surface area contributed by atoms with Crippen LogP contribution in [0.3, 0.4) is 0 Å². The number of hydrogen-bond acceptors (Lipinski definition) is 2. The Morgan fingerprint density at radius 3 is 2.63 bits per heavy atom. The molecule has 0 saturated heterocycles. The number of aromatic nitrogens is 2. The summed E-state index contributed by atoms with van der Waals surface area (Å²) in [6, 6.07) is 14.2. The largest absolute Gasteiger partial charge is 0.372 e. The van der Waals surface area contributed by atoms with Crippen LogP contribution in [0, 0.1) is 0 Å². The summed E-state index contributed by atoms with van der Waals surface area (Å²) in [7, 11) is 0. The normalized spacial score (nSPS) is 11.0. The summed E-state index contributed by atoms with van der Waals surface area (Å²) in [6.07, 6.45) is 3.83.